The van der Waals surface area contributed by atoms with Gasteiger partial charge in [0.25, 0.3) is 0 Å². The fourth-order valence-electron chi connectivity index (χ4n) is 1.23. The molecule has 0 spiro atoms. The second-order valence-corrected chi connectivity index (χ2v) is 3.04. The summed E-state index contributed by atoms with van der Waals surface area (Å²) in [5.41, 5.74) is 0. The molecule has 0 aliphatic heterocycles. The van der Waals surface area contributed by atoms with E-state index in [0.717, 1.165) is 0 Å². The number of hydrogen-bond donors (Lipinski definition) is 0. The van der Waals surface area contributed by atoms with Gasteiger partial charge < -0.3 is 4.74 Å². The third-order valence-electron chi connectivity index (χ3n) is 1.82. The molecule has 0 aromatic rings. The summed E-state index contributed by atoms with van der Waals surface area (Å²) in [4.78, 5) is 0. The van der Waals surface area contributed by atoms with Crippen LogP contribution >= 0.6 is 0 Å². The molecule has 0 radical (unpaired) electrons. The highest BCUT2D eigenvalue weighted by Crippen LogP contribution is 2.15. The molecule has 0 amide bonds. The molecule has 0 saturated heterocycles. The average Bonchev–Trinajstić information content (AvgIpc) is 1.88. The minimum atomic E-state index is 0.317. The summed E-state index contributed by atoms with van der Waals surface area (Å²) in [5, 5.41) is 0. The van der Waals surface area contributed by atoms with Crippen LogP contribution in [0.3, 0.4) is 0 Å². The second-order valence-electron chi connectivity index (χ2n) is 3.04. The van der Waals surface area contributed by atoms with Crippen molar-refractivity contribution in [2.24, 2.45) is 11.8 Å². The molecule has 0 saturated carbocycles. The van der Waals surface area contributed by atoms with Crippen LogP contribution in [0.15, 0.2) is 12.7 Å². The predicted octanol–water partition coefficient (Wildman–Crippen LogP) is 2.48. The number of methoxy groups -OCH3 is 1. The number of ether oxygens (including phenoxy) is 1. The lowest BCUT2D eigenvalue weighted by Crippen LogP contribution is -2.24. The van der Waals surface area contributed by atoms with E-state index in [1.165, 1.54) is 0 Å². The molecule has 0 fully saturated rings. The van der Waals surface area contributed by atoms with E-state index in [4.69, 9.17) is 4.74 Å². The molecule has 0 aromatic carbocycles. The van der Waals surface area contributed by atoms with Gasteiger partial charge >= 0.3 is 0 Å². The molecule has 0 heterocycles. The van der Waals surface area contributed by atoms with Crippen molar-refractivity contribution in [1.82, 2.24) is 0 Å². The number of rotatable bonds is 4. The van der Waals surface area contributed by atoms with Crippen molar-refractivity contribution in [3.05, 3.63) is 12.7 Å². The molecular weight excluding hydrogens is 124 g/mol. The van der Waals surface area contributed by atoms with Crippen LogP contribution in [0.25, 0.3) is 0 Å². The molecule has 2 atom stereocenters. The van der Waals surface area contributed by atoms with Crippen molar-refractivity contribution in [1.29, 1.82) is 0 Å². The summed E-state index contributed by atoms with van der Waals surface area (Å²) in [7, 11) is 1.75. The largest absolute Gasteiger partial charge is 0.381 e. The maximum absolute atomic E-state index is 5.29. The molecule has 0 bridgehead atoms. The zero-order chi connectivity index (χ0) is 8.15. The van der Waals surface area contributed by atoms with Gasteiger partial charge in [0.2, 0.25) is 0 Å². The molecular formula is C9H18O. The van der Waals surface area contributed by atoms with Crippen molar-refractivity contribution in [3.8, 4) is 0 Å². The van der Waals surface area contributed by atoms with Crippen LogP contribution in [0.1, 0.15) is 20.8 Å². The average molecular weight is 142 g/mol. The van der Waals surface area contributed by atoms with E-state index in [-0.39, 0.29) is 0 Å². The van der Waals surface area contributed by atoms with E-state index in [1.807, 2.05) is 6.08 Å². The molecule has 1 heteroatoms. The minimum absolute atomic E-state index is 0.317. The Balaban J connectivity index is 3.92. The predicted molar refractivity (Wildman–Crippen MR) is 45.0 cm³/mol. The van der Waals surface area contributed by atoms with Gasteiger partial charge in [0.15, 0.2) is 0 Å². The molecule has 0 rings (SSSR count). The standard InChI is InChI=1S/C9H18O/c1-6-8(4)9(10-5)7(2)3/h6-9H,1H2,2-5H3/t8-,9+/m0/s1. The van der Waals surface area contributed by atoms with E-state index in [0.29, 0.717) is 17.9 Å². The van der Waals surface area contributed by atoms with Crippen molar-refractivity contribution < 1.29 is 4.74 Å². The highest BCUT2D eigenvalue weighted by molar-refractivity contribution is 4.83. The maximum atomic E-state index is 5.29. The lowest BCUT2D eigenvalue weighted by atomic mass is 9.95. The summed E-state index contributed by atoms with van der Waals surface area (Å²) in [6, 6.07) is 0. The SMILES string of the molecule is C=C[C@H](C)[C@H](OC)C(C)C. The van der Waals surface area contributed by atoms with Gasteiger partial charge in [-0.25, -0.2) is 0 Å². The summed E-state index contributed by atoms with van der Waals surface area (Å²) >= 11 is 0. The first-order valence-corrected chi connectivity index (χ1v) is 3.78. The van der Waals surface area contributed by atoms with Gasteiger partial charge in [0, 0.05) is 13.0 Å². The van der Waals surface area contributed by atoms with Crippen LogP contribution in [0.2, 0.25) is 0 Å². The van der Waals surface area contributed by atoms with Crippen LogP contribution in [-0.2, 0) is 4.74 Å². The lowest BCUT2D eigenvalue weighted by molar-refractivity contribution is 0.0380. The first-order chi connectivity index (χ1) is 4.63. The minimum Gasteiger partial charge on any atom is -0.381 e. The van der Waals surface area contributed by atoms with Crippen LogP contribution in [0.4, 0.5) is 0 Å². The zero-order valence-corrected chi connectivity index (χ0v) is 7.42. The topological polar surface area (TPSA) is 9.23 Å². The Morgan fingerprint density at radius 3 is 1.90 bits per heavy atom. The first kappa shape index (κ1) is 9.70. The van der Waals surface area contributed by atoms with Gasteiger partial charge in [0.1, 0.15) is 0 Å². The Morgan fingerprint density at radius 2 is 1.80 bits per heavy atom. The molecule has 0 aliphatic rings. The molecule has 0 aliphatic carbocycles. The fourth-order valence-corrected chi connectivity index (χ4v) is 1.23. The van der Waals surface area contributed by atoms with Crippen LogP contribution in [0.5, 0.6) is 0 Å². The lowest BCUT2D eigenvalue weighted by Gasteiger charge is -2.23. The molecule has 0 unspecified atom stereocenters. The Bertz CT molecular complexity index is 96.9. The van der Waals surface area contributed by atoms with E-state index in [9.17, 15) is 0 Å². The van der Waals surface area contributed by atoms with Crippen LogP contribution in [0, 0.1) is 11.8 Å². The highest BCUT2D eigenvalue weighted by atomic mass is 16.5. The fraction of sp³-hybridized carbons (Fsp3) is 0.778. The highest BCUT2D eigenvalue weighted by Gasteiger charge is 2.16. The maximum Gasteiger partial charge on any atom is 0.0653 e. The van der Waals surface area contributed by atoms with Crippen molar-refractivity contribution in [2.75, 3.05) is 7.11 Å². The Morgan fingerprint density at radius 1 is 1.30 bits per heavy atom. The van der Waals surface area contributed by atoms with Crippen molar-refractivity contribution in [3.63, 3.8) is 0 Å². The Hall–Kier alpha value is -0.300. The van der Waals surface area contributed by atoms with Gasteiger partial charge in [-0.1, -0.05) is 26.8 Å². The summed E-state index contributed by atoms with van der Waals surface area (Å²) in [5.74, 6) is 1.02. The molecule has 0 N–H and O–H groups in total. The molecule has 1 nitrogen and oxygen atoms in total. The van der Waals surface area contributed by atoms with Gasteiger partial charge in [-0.15, -0.1) is 6.58 Å². The Labute approximate surface area is 64.1 Å². The normalized spacial score (nSPS) is 16.9. The summed E-state index contributed by atoms with van der Waals surface area (Å²) in [6.07, 6.45) is 2.26. The first-order valence-electron chi connectivity index (χ1n) is 3.78. The van der Waals surface area contributed by atoms with Gasteiger partial charge in [0.05, 0.1) is 6.10 Å². The molecule has 0 aromatic heterocycles. The molecule has 10 heavy (non-hydrogen) atoms. The van der Waals surface area contributed by atoms with E-state index in [1.54, 1.807) is 7.11 Å². The van der Waals surface area contributed by atoms with E-state index >= 15 is 0 Å². The van der Waals surface area contributed by atoms with Crippen molar-refractivity contribution >= 4 is 0 Å². The zero-order valence-electron chi connectivity index (χ0n) is 7.42. The number of hydrogen-bond acceptors (Lipinski definition) is 1. The van der Waals surface area contributed by atoms with Gasteiger partial charge in [-0.05, 0) is 5.92 Å². The van der Waals surface area contributed by atoms with Crippen LogP contribution < -0.4 is 0 Å². The van der Waals surface area contributed by atoms with Crippen LogP contribution in [-0.4, -0.2) is 13.2 Å². The quantitative estimate of drug-likeness (QED) is 0.548. The summed E-state index contributed by atoms with van der Waals surface area (Å²) < 4.78 is 5.29. The van der Waals surface area contributed by atoms with E-state index < -0.39 is 0 Å². The third kappa shape index (κ3) is 2.53. The van der Waals surface area contributed by atoms with Crippen molar-refractivity contribution in [2.45, 2.75) is 26.9 Å². The Kier molecular flexibility index (Phi) is 4.37. The third-order valence-corrected chi connectivity index (χ3v) is 1.82. The summed E-state index contributed by atoms with van der Waals surface area (Å²) in [6.45, 7) is 10.2. The smallest absolute Gasteiger partial charge is 0.0653 e. The molecule has 60 valence electrons. The van der Waals surface area contributed by atoms with E-state index in [2.05, 4.69) is 27.4 Å². The second kappa shape index (κ2) is 4.51. The monoisotopic (exact) mass is 142 g/mol. The van der Waals surface area contributed by atoms with Gasteiger partial charge in [-0.3, -0.25) is 0 Å². The van der Waals surface area contributed by atoms with Gasteiger partial charge in [-0.2, -0.15) is 0 Å².